The van der Waals surface area contributed by atoms with Crippen LogP contribution in [0.3, 0.4) is 0 Å². The zero-order chi connectivity index (χ0) is 11.8. The molecule has 2 aliphatic heterocycles. The Morgan fingerprint density at radius 1 is 1.06 bits per heavy atom. The molecule has 1 aromatic carbocycles. The summed E-state index contributed by atoms with van der Waals surface area (Å²) < 4.78 is 27.2. The number of nitrogens with one attached hydrogen (secondary N) is 1. The maximum atomic E-state index is 14.4. The first-order chi connectivity index (χ1) is 8.22. The summed E-state index contributed by atoms with van der Waals surface area (Å²) in [7, 11) is 0. The smallest absolute Gasteiger partial charge is 0.128 e. The predicted molar refractivity (Wildman–Crippen MR) is 62.9 cm³/mol. The number of alkyl halides is 1. The Kier molecular flexibility index (Phi) is 2.87. The van der Waals surface area contributed by atoms with Gasteiger partial charge in [0, 0.05) is 12.1 Å². The first kappa shape index (κ1) is 11.1. The van der Waals surface area contributed by atoms with Crippen molar-refractivity contribution < 1.29 is 8.78 Å². The summed E-state index contributed by atoms with van der Waals surface area (Å²) in [5.74, 6) is -0.203. The molecular formula is C14H17F2N. The van der Waals surface area contributed by atoms with Gasteiger partial charge in [0.1, 0.15) is 12.0 Å². The van der Waals surface area contributed by atoms with Gasteiger partial charge in [0.2, 0.25) is 0 Å². The molecule has 1 N–H and O–H groups in total. The molecule has 0 amide bonds. The molecular weight excluding hydrogens is 220 g/mol. The minimum absolute atomic E-state index is 0.0965. The fourth-order valence-corrected chi connectivity index (χ4v) is 3.26. The van der Waals surface area contributed by atoms with Crippen LogP contribution in [0.2, 0.25) is 0 Å². The molecule has 3 atom stereocenters. The van der Waals surface area contributed by atoms with Crippen LogP contribution in [-0.2, 0) is 0 Å². The van der Waals surface area contributed by atoms with Crippen LogP contribution in [0.4, 0.5) is 8.78 Å². The highest BCUT2D eigenvalue weighted by atomic mass is 19.1. The van der Waals surface area contributed by atoms with Gasteiger partial charge in [-0.25, -0.2) is 8.78 Å². The Hall–Kier alpha value is -0.960. The number of hydrogen-bond donors (Lipinski definition) is 1. The molecule has 92 valence electrons. The maximum absolute atomic E-state index is 14.4. The molecule has 0 aliphatic carbocycles. The van der Waals surface area contributed by atoms with Gasteiger partial charge >= 0.3 is 0 Å². The molecule has 3 heteroatoms. The molecule has 3 rings (SSSR count). The van der Waals surface area contributed by atoms with Crippen LogP contribution in [0.15, 0.2) is 24.3 Å². The maximum Gasteiger partial charge on any atom is 0.128 e. The lowest BCUT2D eigenvalue weighted by Crippen LogP contribution is -2.39. The molecule has 2 fully saturated rings. The van der Waals surface area contributed by atoms with Gasteiger partial charge in [-0.2, -0.15) is 0 Å². The molecule has 0 saturated carbocycles. The number of benzene rings is 1. The Morgan fingerprint density at radius 3 is 2.24 bits per heavy atom. The fourth-order valence-electron chi connectivity index (χ4n) is 3.26. The van der Waals surface area contributed by atoms with Crippen LogP contribution in [0.25, 0.3) is 0 Å². The zero-order valence-electron chi connectivity index (χ0n) is 9.70. The van der Waals surface area contributed by atoms with Gasteiger partial charge in [0.05, 0.1) is 0 Å². The van der Waals surface area contributed by atoms with E-state index in [9.17, 15) is 8.78 Å². The topological polar surface area (TPSA) is 12.0 Å². The summed E-state index contributed by atoms with van der Waals surface area (Å²) in [6, 6.07) is 6.83. The van der Waals surface area contributed by atoms with Crippen molar-refractivity contribution >= 4 is 0 Å². The van der Waals surface area contributed by atoms with E-state index in [2.05, 4.69) is 5.32 Å². The van der Waals surface area contributed by atoms with Gasteiger partial charge in [0.25, 0.3) is 0 Å². The third-order valence-electron chi connectivity index (χ3n) is 4.11. The second kappa shape index (κ2) is 4.37. The zero-order valence-corrected chi connectivity index (χ0v) is 9.70. The van der Waals surface area contributed by atoms with Crippen molar-refractivity contribution in [2.75, 3.05) is 0 Å². The van der Waals surface area contributed by atoms with Gasteiger partial charge in [-0.05, 0) is 49.3 Å². The van der Waals surface area contributed by atoms with Crippen LogP contribution < -0.4 is 5.32 Å². The normalized spacial score (nSPS) is 33.6. The Labute approximate surface area is 100 Å². The highest BCUT2D eigenvalue weighted by Gasteiger charge is 2.37. The number of hydrogen-bond acceptors (Lipinski definition) is 1. The van der Waals surface area contributed by atoms with Gasteiger partial charge < -0.3 is 5.32 Å². The van der Waals surface area contributed by atoms with E-state index in [1.807, 2.05) is 0 Å². The van der Waals surface area contributed by atoms with Crippen molar-refractivity contribution in [3.8, 4) is 0 Å². The molecule has 2 saturated heterocycles. The molecule has 17 heavy (non-hydrogen) atoms. The van der Waals surface area contributed by atoms with Crippen LogP contribution in [0.1, 0.15) is 37.4 Å². The first-order valence-electron chi connectivity index (χ1n) is 6.38. The van der Waals surface area contributed by atoms with E-state index in [0.29, 0.717) is 17.6 Å². The van der Waals surface area contributed by atoms with Gasteiger partial charge in [0.15, 0.2) is 0 Å². The van der Waals surface area contributed by atoms with Crippen molar-refractivity contribution in [2.24, 2.45) is 5.92 Å². The summed E-state index contributed by atoms with van der Waals surface area (Å²) in [6.07, 6.45) is 3.24. The predicted octanol–water partition coefficient (Wildman–Crippen LogP) is 3.37. The highest BCUT2D eigenvalue weighted by Crippen LogP contribution is 2.39. The molecule has 2 aliphatic rings. The quantitative estimate of drug-likeness (QED) is 0.831. The summed E-state index contributed by atoms with van der Waals surface area (Å²) in [4.78, 5) is 0. The lowest BCUT2D eigenvalue weighted by atomic mass is 9.85. The molecule has 1 nitrogen and oxygen atoms in total. The molecule has 2 bridgehead atoms. The summed E-state index contributed by atoms with van der Waals surface area (Å²) in [5, 5.41) is 3.51. The molecule has 3 unspecified atom stereocenters. The SMILES string of the molecule is Fc1ccc(C(F)C2CC3CCC(C2)N3)cc1. The number of fused-ring (bicyclic) bond motifs is 2. The third kappa shape index (κ3) is 2.21. The van der Waals surface area contributed by atoms with E-state index in [0.717, 1.165) is 12.8 Å². The van der Waals surface area contributed by atoms with Crippen molar-refractivity contribution in [1.29, 1.82) is 0 Å². The van der Waals surface area contributed by atoms with Gasteiger partial charge in [-0.3, -0.25) is 0 Å². The van der Waals surface area contributed by atoms with Gasteiger partial charge in [-0.15, -0.1) is 0 Å². The number of halogens is 2. The third-order valence-corrected chi connectivity index (χ3v) is 4.11. The van der Waals surface area contributed by atoms with E-state index in [1.165, 1.54) is 25.0 Å². The van der Waals surface area contributed by atoms with Crippen molar-refractivity contribution in [1.82, 2.24) is 5.32 Å². The Morgan fingerprint density at radius 2 is 1.65 bits per heavy atom. The summed E-state index contributed by atoms with van der Waals surface area (Å²) in [6.45, 7) is 0. The highest BCUT2D eigenvalue weighted by molar-refractivity contribution is 5.20. The molecule has 0 radical (unpaired) electrons. The van der Waals surface area contributed by atoms with Crippen LogP contribution in [-0.4, -0.2) is 12.1 Å². The van der Waals surface area contributed by atoms with E-state index in [1.54, 1.807) is 12.1 Å². The van der Waals surface area contributed by atoms with Gasteiger partial charge in [-0.1, -0.05) is 12.1 Å². The second-order valence-electron chi connectivity index (χ2n) is 5.32. The summed E-state index contributed by atoms with van der Waals surface area (Å²) in [5.41, 5.74) is 0.623. The first-order valence-corrected chi connectivity index (χ1v) is 6.38. The summed E-state index contributed by atoms with van der Waals surface area (Å²) >= 11 is 0. The molecule has 2 heterocycles. The molecule has 0 aromatic heterocycles. The van der Waals surface area contributed by atoms with Crippen LogP contribution in [0.5, 0.6) is 0 Å². The van der Waals surface area contributed by atoms with Crippen molar-refractivity contribution in [3.05, 3.63) is 35.6 Å². The van der Waals surface area contributed by atoms with Crippen LogP contribution >= 0.6 is 0 Å². The van der Waals surface area contributed by atoms with E-state index in [4.69, 9.17) is 0 Å². The van der Waals surface area contributed by atoms with E-state index in [-0.39, 0.29) is 11.7 Å². The molecule has 1 aromatic rings. The standard InChI is InChI=1S/C14H17F2N/c15-11-3-1-9(2-4-11)14(16)10-7-12-5-6-13(8-10)17-12/h1-4,10,12-14,17H,5-8H2. The number of piperidine rings is 1. The van der Waals surface area contributed by atoms with Crippen molar-refractivity contribution in [3.63, 3.8) is 0 Å². The van der Waals surface area contributed by atoms with E-state index < -0.39 is 6.17 Å². The fraction of sp³-hybridized carbons (Fsp3) is 0.571. The Balaban J connectivity index is 1.73. The molecule has 0 spiro atoms. The average Bonchev–Trinajstić information content (AvgIpc) is 2.68. The lowest BCUT2D eigenvalue weighted by Gasteiger charge is -2.31. The Bertz CT molecular complexity index is 378. The minimum atomic E-state index is -0.944. The lowest BCUT2D eigenvalue weighted by molar-refractivity contribution is 0.164. The van der Waals surface area contributed by atoms with E-state index >= 15 is 0 Å². The monoisotopic (exact) mass is 237 g/mol. The van der Waals surface area contributed by atoms with Crippen molar-refractivity contribution in [2.45, 2.75) is 43.9 Å². The second-order valence-corrected chi connectivity index (χ2v) is 5.32. The average molecular weight is 237 g/mol. The largest absolute Gasteiger partial charge is 0.311 e. The minimum Gasteiger partial charge on any atom is -0.311 e. The number of rotatable bonds is 2. The van der Waals surface area contributed by atoms with Crippen LogP contribution in [0, 0.1) is 11.7 Å².